The number of methoxy groups -OCH3 is 1. The second-order valence-electron chi connectivity index (χ2n) is 6.10. The van der Waals surface area contributed by atoms with Gasteiger partial charge in [0, 0.05) is 17.3 Å². The number of rotatable bonds is 6. The van der Waals surface area contributed by atoms with Gasteiger partial charge in [0.2, 0.25) is 17.6 Å². The highest BCUT2D eigenvalue weighted by molar-refractivity contribution is 5.76. The van der Waals surface area contributed by atoms with Gasteiger partial charge in [-0.1, -0.05) is 23.4 Å². The minimum Gasteiger partial charge on any atom is -0.497 e. The highest BCUT2D eigenvalue weighted by Gasteiger charge is 2.18. The average molecular weight is 368 g/mol. The molecule has 3 aromatic rings. The number of amides is 1. The summed E-state index contributed by atoms with van der Waals surface area (Å²) in [5, 5.41) is 6.71. The standard InChI is InChI=1S/C19H20N4O4/c1-12-6-5-9-23(19(12)25)11-16(24)20-13(2)18-21-17(22-27-18)14-7-4-8-15(10-14)26-3/h4-10,13H,11H2,1-3H3,(H,20,24). The molecule has 8 heteroatoms. The van der Waals surface area contributed by atoms with Crippen LogP contribution in [0, 0.1) is 6.92 Å². The number of benzene rings is 1. The van der Waals surface area contributed by atoms with Crippen LogP contribution in [0.5, 0.6) is 5.75 Å². The number of nitrogens with zero attached hydrogens (tertiary/aromatic N) is 3. The van der Waals surface area contributed by atoms with E-state index in [9.17, 15) is 9.59 Å². The Morgan fingerprint density at radius 3 is 2.93 bits per heavy atom. The first kappa shape index (κ1) is 18.4. The van der Waals surface area contributed by atoms with Gasteiger partial charge in [-0.15, -0.1) is 0 Å². The third-order valence-corrected chi connectivity index (χ3v) is 4.04. The molecule has 1 amide bonds. The first-order chi connectivity index (χ1) is 13.0. The second-order valence-corrected chi connectivity index (χ2v) is 6.10. The quantitative estimate of drug-likeness (QED) is 0.715. The van der Waals surface area contributed by atoms with Crippen molar-refractivity contribution in [2.24, 2.45) is 0 Å². The lowest BCUT2D eigenvalue weighted by molar-refractivity contribution is -0.122. The van der Waals surface area contributed by atoms with Crippen LogP contribution in [0.15, 0.2) is 51.9 Å². The SMILES string of the molecule is COc1cccc(-c2noc(C(C)NC(=O)Cn3cccc(C)c3=O)n2)c1. The summed E-state index contributed by atoms with van der Waals surface area (Å²) in [6.45, 7) is 3.36. The number of ether oxygens (including phenoxy) is 1. The van der Waals surface area contributed by atoms with E-state index < -0.39 is 6.04 Å². The largest absolute Gasteiger partial charge is 0.497 e. The van der Waals surface area contributed by atoms with E-state index in [4.69, 9.17) is 9.26 Å². The molecule has 27 heavy (non-hydrogen) atoms. The summed E-state index contributed by atoms with van der Waals surface area (Å²) in [4.78, 5) is 28.6. The van der Waals surface area contributed by atoms with Crippen LogP contribution in [-0.4, -0.2) is 27.7 Å². The third kappa shape index (κ3) is 4.22. The van der Waals surface area contributed by atoms with Gasteiger partial charge in [0.05, 0.1) is 7.11 Å². The van der Waals surface area contributed by atoms with Crippen molar-refractivity contribution >= 4 is 5.91 Å². The molecule has 1 aromatic carbocycles. The fraction of sp³-hybridized carbons (Fsp3) is 0.263. The van der Waals surface area contributed by atoms with Crippen LogP contribution in [0.4, 0.5) is 0 Å². The van der Waals surface area contributed by atoms with E-state index in [1.807, 2.05) is 18.2 Å². The van der Waals surface area contributed by atoms with Gasteiger partial charge >= 0.3 is 0 Å². The fourth-order valence-electron chi connectivity index (χ4n) is 2.58. The topological polar surface area (TPSA) is 99.3 Å². The Labute approximate surface area is 155 Å². The van der Waals surface area contributed by atoms with Crippen LogP contribution >= 0.6 is 0 Å². The van der Waals surface area contributed by atoms with Crippen molar-refractivity contribution < 1.29 is 14.1 Å². The minimum atomic E-state index is -0.495. The molecular formula is C19H20N4O4. The van der Waals surface area contributed by atoms with E-state index in [-0.39, 0.29) is 23.9 Å². The Kier molecular flexibility index (Phi) is 5.35. The Morgan fingerprint density at radius 1 is 1.33 bits per heavy atom. The molecule has 0 fully saturated rings. The summed E-state index contributed by atoms with van der Waals surface area (Å²) in [6.07, 6.45) is 1.58. The van der Waals surface area contributed by atoms with E-state index in [1.165, 1.54) is 4.57 Å². The van der Waals surface area contributed by atoms with E-state index in [0.717, 1.165) is 5.56 Å². The zero-order valence-electron chi connectivity index (χ0n) is 15.3. The summed E-state index contributed by atoms with van der Waals surface area (Å²) in [6, 6.07) is 10.2. The predicted octanol–water partition coefficient (Wildman–Crippen LogP) is 2.09. The number of pyridine rings is 1. The first-order valence-corrected chi connectivity index (χ1v) is 8.41. The molecule has 1 unspecified atom stereocenters. The highest BCUT2D eigenvalue weighted by atomic mass is 16.5. The summed E-state index contributed by atoms with van der Waals surface area (Å²) >= 11 is 0. The van der Waals surface area contributed by atoms with Crippen LogP contribution in [0.3, 0.4) is 0 Å². The Bertz CT molecular complexity index is 1010. The van der Waals surface area contributed by atoms with Crippen LogP contribution in [0.1, 0.15) is 24.4 Å². The normalized spacial score (nSPS) is 11.8. The molecule has 2 heterocycles. The molecule has 8 nitrogen and oxygen atoms in total. The maximum atomic E-state index is 12.2. The zero-order chi connectivity index (χ0) is 19.4. The lowest BCUT2D eigenvalue weighted by Crippen LogP contribution is -2.34. The number of aromatic nitrogens is 3. The molecule has 0 saturated carbocycles. The molecule has 1 N–H and O–H groups in total. The molecular weight excluding hydrogens is 348 g/mol. The maximum Gasteiger partial charge on any atom is 0.253 e. The Balaban J connectivity index is 1.68. The first-order valence-electron chi connectivity index (χ1n) is 8.41. The van der Waals surface area contributed by atoms with E-state index in [0.29, 0.717) is 17.1 Å². The summed E-state index contributed by atoms with van der Waals surface area (Å²) in [5.41, 5.74) is 1.13. The number of carbonyl (C=O) groups is 1. The van der Waals surface area contributed by atoms with Crippen molar-refractivity contribution in [3.05, 3.63) is 64.4 Å². The average Bonchev–Trinajstić information content (AvgIpc) is 3.16. The monoisotopic (exact) mass is 368 g/mol. The number of hydrogen-bond acceptors (Lipinski definition) is 6. The number of aryl methyl sites for hydroxylation is 1. The molecule has 1 atom stereocenters. The number of nitrogens with one attached hydrogen (secondary N) is 1. The molecule has 0 aliphatic rings. The summed E-state index contributed by atoms with van der Waals surface area (Å²) in [5.74, 6) is 1.04. The van der Waals surface area contributed by atoms with E-state index in [2.05, 4.69) is 15.5 Å². The molecule has 0 radical (unpaired) electrons. The lowest BCUT2D eigenvalue weighted by atomic mass is 10.2. The fourth-order valence-corrected chi connectivity index (χ4v) is 2.58. The van der Waals surface area contributed by atoms with Crippen LogP contribution in [0.25, 0.3) is 11.4 Å². The van der Waals surface area contributed by atoms with Gasteiger partial charge in [0.1, 0.15) is 18.3 Å². The van der Waals surface area contributed by atoms with Crippen molar-refractivity contribution in [1.29, 1.82) is 0 Å². The van der Waals surface area contributed by atoms with Crippen molar-refractivity contribution in [3.8, 4) is 17.1 Å². The number of hydrogen-bond donors (Lipinski definition) is 1. The zero-order valence-corrected chi connectivity index (χ0v) is 15.3. The van der Waals surface area contributed by atoms with Gasteiger partial charge in [-0.05, 0) is 32.0 Å². The van der Waals surface area contributed by atoms with Gasteiger partial charge < -0.3 is 19.1 Å². The second kappa shape index (κ2) is 7.86. The molecule has 2 aromatic heterocycles. The van der Waals surface area contributed by atoms with Crippen molar-refractivity contribution in [2.75, 3.05) is 7.11 Å². The van der Waals surface area contributed by atoms with Crippen LogP contribution < -0.4 is 15.6 Å². The molecule has 0 bridgehead atoms. The molecule has 0 aliphatic carbocycles. The Morgan fingerprint density at radius 2 is 2.15 bits per heavy atom. The van der Waals surface area contributed by atoms with Crippen molar-refractivity contribution in [2.45, 2.75) is 26.4 Å². The predicted molar refractivity (Wildman–Crippen MR) is 98.3 cm³/mol. The smallest absolute Gasteiger partial charge is 0.253 e. The molecule has 140 valence electrons. The van der Waals surface area contributed by atoms with Crippen molar-refractivity contribution in [3.63, 3.8) is 0 Å². The van der Waals surface area contributed by atoms with Crippen LogP contribution in [-0.2, 0) is 11.3 Å². The number of carbonyl (C=O) groups excluding carboxylic acids is 1. The van der Waals surface area contributed by atoms with Crippen LogP contribution in [0.2, 0.25) is 0 Å². The van der Waals surface area contributed by atoms with Gasteiger partial charge in [-0.25, -0.2) is 0 Å². The van der Waals surface area contributed by atoms with Gasteiger partial charge in [-0.2, -0.15) is 4.98 Å². The summed E-state index contributed by atoms with van der Waals surface area (Å²) in [7, 11) is 1.58. The molecule has 0 saturated heterocycles. The Hall–Kier alpha value is -3.42. The van der Waals surface area contributed by atoms with Gasteiger partial charge in [-0.3, -0.25) is 9.59 Å². The molecule has 0 spiro atoms. The summed E-state index contributed by atoms with van der Waals surface area (Å²) < 4.78 is 11.8. The minimum absolute atomic E-state index is 0.0816. The lowest BCUT2D eigenvalue weighted by Gasteiger charge is -2.11. The maximum absolute atomic E-state index is 12.2. The van der Waals surface area contributed by atoms with Gasteiger partial charge in [0.25, 0.3) is 5.56 Å². The highest BCUT2D eigenvalue weighted by Crippen LogP contribution is 2.22. The van der Waals surface area contributed by atoms with E-state index in [1.54, 1.807) is 45.4 Å². The molecule has 0 aliphatic heterocycles. The van der Waals surface area contributed by atoms with E-state index >= 15 is 0 Å². The third-order valence-electron chi connectivity index (χ3n) is 4.04. The van der Waals surface area contributed by atoms with Crippen molar-refractivity contribution in [1.82, 2.24) is 20.0 Å². The molecule has 3 rings (SSSR count). The van der Waals surface area contributed by atoms with Gasteiger partial charge in [0.15, 0.2) is 0 Å².